The number of hydrogen-bond acceptors (Lipinski definition) is 10. The van der Waals surface area contributed by atoms with E-state index in [2.05, 4.69) is 5.32 Å². The van der Waals surface area contributed by atoms with Gasteiger partial charge in [0, 0.05) is 16.5 Å². The van der Waals surface area contributed by atoms with Gasteiger partial charge >= 0.3 is 10.9 Å². The van der Waals surface area contributed by atoms with E-state index in [0.29, 0.717) is 31.8 Å². The van der Waals surface area contributed by atoms with Gasteiger partial charge in [-0.25, -0.2) is 4.79 Å². The van der Waals surface area contributed by atoms with Crippen molar-refractivity contribution in [1.29, 1.82) is 0 Å². The summed E-state index contributed by atoms with van der Waals surface area (Å²) in [4.78, 5) is 64.8. The zero-order chi connectivity index (χ0) is 28.0. The highest BCUT2D eigenvalue weighted by atomic mass is 32.2. The summed E-state index contributed by atoms with van der Waals surface area (Å²) < 4.78 is 11.6. The van der Waals surface area contributed by atoms with Crippen molar-refractivity contribution in [2.45, 2.75) is 22.7 Å². The van der Waals surface area contributed by atoms with Crippen LogP contribution in [-0.4, -0.2) is 57.8 Å². The maximum absolute atomic E-state index is 13.3. The third-order valence-electron chi connectivity index (χ3n) is 6.51. The normalized spacial score (nSPS) is 19.8. The fourth-order valence-electron chi connectivity index (χ4n) is 4.74. The van der Waals surface area contributed by atoms with Crippen molar-refractivity contribution in [3.8, 4) is 17.2 Å². The first-order chi connectivity index (χ1) is 18.6. The molecule has 3 atom stereocenters. The number of aromatic hydroxyl groups is 1. The van der Waals surface area contributed by atoms with Gasteiger partial charge in [0.25, 0.3) is 5.91 Å². The Morgan fingerprint density at radius 3 is 2.41 bits per heavy atom. The van der Waals surface area contributed by atoms with Gasteiger partial charge < -0.3 is 25.6 Å². The molecule has 5 rings (SSSR count). The summed E-state index contributed by atoms with van der Waals surface area (Å²) in [6, 6.07) is 9.89. The predicted octanol–water partition coefficient (Wildman–Crippen LogP) is 1.94. The van der Waals surface area contributed by atoms with Crippen molar-refractivity contribution < 1.29 is 33.8 Å². The van der Waals surface area contributed by atoms with E-state index in [1.54, 1.807) is 30.3 Å². The number of rotatable bonds is 6. The maximum atomic E-state index is 13.3. The van der Waals surface area contributed by atoms with E-state index in [1.165, 1.54) is 30.9 Å². The van der Waals surface area contributed by atoms with Crippen LogP contribution in [0.2, 0.25) is 0 Å². The van der Waals surface area contributed by atoms with Crippen molar-refractivity contribution in [3.05, 3.63) is 62.6 Å². The number of thioether (sulfide) groups is 1. The summed E-state index contributed by atoms with van der Waals surface area (Å²) in [7, 11) is 2.88. The van der Waals surface area contributed by atoms with E-state index in [0.717, 1.165) is 23.1 Å². The fourth-order valence-corrected chi connectivity index (χ4v) is 7.51. The van der Waals surface area contributed by atoms with Gasteiger partial charge in [-0.05, 0) is 42.0 Å². The Hall–Kier alpha value is -4.30. The summed E-state index contributed by atoms with van der Waals surface area (Å²) in [5.74, 6) is -3.36. The van der Waals surface area contributed by atoms with Crippen LogP contribution >= 0.6 is 23.1 Å². The first kappa shape index (κ1) is 26.3. The van der Waals surface area contributed by atoms with Crippen LogP contribution in [0.3, 0.4) is 0 Å². The van der Waals surface area contributed by atoms with E-state index in [4.69, 9.17) is 15.2 Å². The fraction of sp³-hybridized carbons (Fsp3) is 0.240. The van der Waals surface area contributed by atoms with Crippen LogP contribution < -0.4 is 25.4 Å². The van der Waals surface area contributed by atoms with Crippen molar-refractivity contribution in [1.82, 2.24) is 9.47 Å². The quantitative estimate of drug-likeness (QED) is 0.375. The third-order valence-corrected chi connectivity index (χ3v) is 9.11. The molecule has 0 spiro atoms. The molecule has 0 aliphatic carbocycles. The number of nitrogens with zero attached hydrogens (tertiary/aromatic N) is 2. The number of nitrogens with two attached hydrogens (primary N) is 1. The van der Waals surface area contributed by atoms with E-state index >= 15 is 0 Å². The van der Waals surface area contributed by atoms with Gasteiger partial charge in [0.15, 0.2) is 11.5 Å². The first-order valence-electron chi connectivity index (χ1n) is 11.5. The molecule has 0 bridgehead atoms. The average molecular weight is 571 g/mol. The van der Waals surface area contributed by atoms with Gasteiger partial charge in [-0.15, -0.1) is 0 Å². The Morgan fingerprint density at radius 2 is 1.77 bits per heavy atom. The highest BCUT2D eigenvalue weighted by Crippen LogP contribution is 2.53. The van der Waals surface area contributed by atoms with E-state index in [9.17, 15) is 29.1 Å². The molecule has 14 heteroatoms. The van der Waals surface area contributed by atoms with Gasteiger partial charge in [0.05, 0.1) is 25.2 Å². The number of amides is 5. The van der Waals surface area contributed by atoms with Crippen LogP contribution in [0.15, 0.2) is 52.3 Å². The van der Waals surface area contributed by atoms with Crippen LogP contribution in [0.1, 0.15) is 16.4 Å². The number of nitrogens with one attached hydrogen (secondary N) is 1. The number of fused-ring (bicyclic) bond motifs is 2. The summed E-state index contributed by atoms with van der Waals surface area (Å²) in [6.45, 7) is -0.353. The zero-order valence-corrected chi connectivity index (χ0v) is 22.2. The minimum atomic E-state index is -1.19. The maximum Gasteiger partial charge on any atom is 0.328 e. The molecule has 39 heavy (non-hydrogen) atoms. The number of urea groups is 1. The molecule has 2 aliphatic rings. The number of aromatic nitrogens is 1. The number of methoxy groups -OCH3 is 2. The second kappa shape index (κ2) is 10.1. The molecule has 1 fully saturated rings. The molecule has 2 aliphatic heterocycles. The number of ether oxygens (including phenoxy) is 2. The monoisotopic (exact) mass is 570 g/mol. The molecule has 0 radical (unpaired) electrons. The molecule has 1 aromatic heterocycles. The Kier molecular flexibility index (Phi) is 6.82. The minimum absolute atomic E-state index is 0.123. The lowest BCUT2D eigenvalue weighted by molar-refractivity contribution is -0.135. The average Bonchev–Trinajstić information content (AvgIpc) is 3.35. The number of imide groups is 3. The van der Waals surface area contributed by atoms with Gasteiger partial charge in [0.1, 0.15) is 17.5 Å². The Labute approximate surface area is 229 Å². The van der Waals surface area contributed by atoms with Gasteiger partial charge in [0.2, 0.25) is 11.8 Å². The number of likely N-dealkylation sites (tertiary alicyclic amines) is 1. The molecule has 3 aromatic rings. The van der Waals surface area contributed by atoms with Crippen molar-refractivity contribution >= 4 is 52.5 Å². The van der Waals surface area contributed by atoms with E-state index in [1.807, 2.05) is 0 Å². The molecule has 3 heterocycles. The van der Waals surface area contributed by atoms with Gasteiger partial charge in [-0.1, -0.05) is 29.2 Å². The van der Waals surface area contributed by atoms with Crippen molar-refractivity contribution in [2.75, 3.05) is 19.5 Å². The predicted molar refractivity (Wildman–Crippen MR) is 141 cm³/mol. The molecule has 4 N–H and O–H groups in total. The van der Waals surface area contributed by atoms with Crippen LogP contribution in [0.4, 0.5) is 10.5 Å². The summed E-state index contributed by atoms with van der Waals surface area (Å²) in [6.07, 6.45) is 0. The second-order valence-electron chi connectivity index (χ2n) is 8.72. The highest BCUT2D eigenvalue weighted by Gasteiger charge is 2.58. The second-order valence-corrected chi connectivity index (χ2v) is 10.8. The minimum Gasteiger partial charge on any atom is -0.504 e. The molecule has 0 saturated carbocycles. The third kappa shape index (κ3) is 4.51. The molecular formula is C25H22N4O8S2. The van der Waals surface area contributed by atoms with E-state index < -0.39 is 45.7 Å². The number of phenolic OH excluding ortho intramolecular Hbond substituents is 1. The topological polar surface area (TPSA) is 170 Å². The smallest absolute Gasteiger partial charge is 0.328 e. The first-order valence-corrected chi connectivity index (χ1v) is 13.2. The highest BCUT2D eigenvalue weighted by molar-refractivity contribution is 8.00. The number of primary amides is 1. The van der Waals surface area contributed by atoms with Crippen LogP contribution in [0.25, 0.3) is 0 Å². The van der Waals surface area contributed by atoms with Crippen molar-refractivity contribution in [3.63, 3.8) is 0 Å². The summed E-state index contributed by atoms with van der Waals surface area (Å²) >= 11 is 1.79. The molecule has 2 unspecified atom stereocenters. The lowest BCUT2D eigenvalue weighted by atomic mass is 9.83. The molecule has 5 amide bonds. The van der Waals surface area contributed by atoms with Gasteiger partial charge in [-0.2, -0.15) is 4.90 Å². The van der Waals surface area contributed by atoms with Crippen LogP contribution in [0.5, 0.6) is 17.2 Å². The van der Waals surface area contributed by atoms with Crippen molar-refractivity contribution in [2.24, 2.45) is 11.7 Å². The van der Waals surface area contributed by atoms with Crippen LogP contribution in [-0.2, 0) is 20.9 Å². The van der Waals surface area contributed by atoms with E-state index in [-0.39, 0.29) is 18.0 Å². The molecular weight excluding hydrogens is 548 g/mol. The number of phenols is 1. The molecule has 202 valence electrons. The Bertz CT molecular complexity index is 1560. The molecule has 12 nitrogen and oxygen atoms in total. The number of thiazole rings is 1. The largest absolute Gasteiger partial charge is 0.504 e. The molecule has 1 saturated heterocycles. The zero-order valence-electron chi connectivity index (χ0n) is 20.6. The van der Waals surface area contributed by atoms with Crippen LogP contribution in [0, 0.1) is 5.92 Å². The summed E-state index contributed by atoms with van der Waals surface area (Å²) in [5, 5.41) is 12.1. The Balaban J connectivity index is 1.56. The SMILES string of the molecule is COc1ccc(NC(=O)Cn2c3c(sc2=O)[C@@H](c2ccc(O)c(OC)c2)C2C(=O)N(C(N)=O)C(=O)C2S3)cc1. The number of benzene rings is 2. The lowest BCUT2D eigenvalue weighted by Gasteiger charge is -2.30. The number of carbonyl (C=O) groups excluding carboxylic acids is 4. The van der Waals surface area contributed by atoms with Gasteiger partial charge in [-0.3, -0.25) is 23.7 Å². The number of hydrogen-bond donors (Lipinski definition) is 3. The Morgan fingerprint density at radius 1 is 1.05 bits per heavy atom. The summed E-state index contributed by atoms with van der Waals surface area (Å²) in [5.41, 5.74) is 6.31. The standard InChI is InChI=1S/C25H22N4O8S2/c1-36-13-6-4-12(5-7-13)27-16(31)10-28-23-20(39-25(28)35)17(11-3-8-14(30)15(9-11)37-2)18-19(38-23)22(33)29(21(18)32)24(26)34/h3-9,17-19,30H,10H2,1-2H3,(H2,26,34)(H,27,31)/t17-,18?,19?/m0/s1. The lowest BCUT2D eigenvalue weighted by Crippen LogP contribution is -2.41. The number of carbonyl (C=O) groups is 4. The number of anilines is 1. The molecule has 2 aromatic carbocycles.